The van der Waals surface area contributed by atoms with Gasteiger partial charge in [-0.05, 0) is 36.5 Å². The largest absolute Gasteiger partial charge is 0.306 e. The lowest BCUT2D eigenvalue weighted by molar-refractivity contribution is 0.538. The minimum atomic E-state index is 0.601. The first kappa shape index (κ1) is 13.7. The highest BCUT2D eigenvalue weighted by atomic mass is 15.7. The average Bonchev–Trinajstić information content (AvgIpc) is 2.97. The summed E-state index contributed by atoms with van der Waals surface area (Å²) < 4.78 is 0. The van der Waals surface area contributed by atoms with Crippen molar-refractivity contribution in [3.05, 3.63) is 78.1 Å². The van der Waals surface area contributed by atoms with E-state index in [1.165, 1.54) is 11.3 Å². The quantitative estimate of drug-likeness (QED) is 0.875. The molecule has 0 fully saturated rings. The molecule has 2 aromatic carbocycles. The van der Waals surface area contributed by atoms with Crippen LogP contribution in [-0.2, 0) is 6.42 Å². The normalized spacial score (nSPS) is 15.5. The maximum atomic E-state index is 3.26. The van der Waals surface area contributed by atoms with E-state index < -0.39 is 0 Å². The Balaban J connectivity index is 1.58. The lowest BCUT2D eigenvalue weighted by Gasteiger charge is -2.14. The van der Waals surface area contributed by atoms with Crippen molar-refractivity contribution < 1.29 is 0 Å². The molecule has 3 rings (SSSR count). The summed E-state index contributed by atoms with van der Waals surface area (Å²) in [6.45, 7) is 2.29. The number of nitrogens with zero attached hydrogens (tertiary/aromatic N) is 1. The van der Waals surface area contributed by atoms with E-state index in [4.69, 9.17) is 0 Å². The topological polar surface area (TPSA) is 27.3 Å². The fourth-order valence-corrected chi connectivity index (χ4v) is 2.65. The molecular formula is C18H21N3. The number of allylic oxidation sites excluding steroid dienone is 1. The highest BCUT2D eigenvalue weighted by molar-refractivity contribution is 5.49. The first-order valence-electron chi connectivity index (χ1n) is 7.42. The van der Waals surface area contributed by atoms with E-state index in [1.54, 1.807) is 0 Å². The van der Waals surface area contributed by atoms with Crippen LogP contribution in [0.3, 0.4) is 0 Å². The van der Waals surface area contributed by atoms with Gasteiger partial charge >= 0.3 is 0 Å². The molecular weight excluding hydrogens is 258 g/mol. The molecule has 1 aliphatic rings. The van der Waals surface area contributed by atoms with E-state index in [-0.39, 0.29) is 0 Å². The van der Waals surface area contributed by atoms with E-state index in [0.29, 0.717) is 5.92 Å². The summed E-state index contributed by atoms with van der Waals surface area (Å²) in [4.78, 5) is 0. The molecule has 1 atom stereocenters. The number of hydrazine groups is 2. The zero-order valence-corrected chi connectivity index (χ0v) is 12.3. The first-order chi connectivity index (χ1) is 10.3. The summed E-state index contributed by atoms with van der Waals surface area (Å²) in [5.41, 5.74) is 10.2. The van der Waals surface area contributed by atoms with Crippen LogP contribution in [0.1, 0.15) is 18.9 Å². The Kier molecular flexibility index (Phi) is 4.22. The fraction of sp³-hybridized carbons (Fsp3) is 0.222. The molecule has 21 heavy (non-hydrogen) atoms. The Morgan fingerprint density at radius 3 is 2.29 bits per heavy atom. The predicted octanol–water partition coefficient (Wildman–Crippen LogP) is 3.63. The number of rotatable bonds is 5. The van der Waals surface area contributed by atoms with Crippen LogP contribution in [0.2, 0.25) is 0 Å². The molecule has 3 nitrogen and oxygen atoms in total. The van der Waals surface area contributed by atoms with Crippen molar-refractivity contribution in [1.29, 1.82) is 0 Å². The Bertz CT molecular complexity index is 592. The molecule has 108 valence electrons. The number of para-hydroxylation sites is 1. The Hall–Kier alpha value is -2.26. The molecule has 1 heterocycles. The van der Waals surface area contributed by atoms with Crippen molar-refractivity contribution in [2.75, 3.05) is 5.01 Å². The van der Waals surface area contributed by atoms with Crippen LogP contribution in [0.4, 0.5) is 5.69 Å². The van der Waals surface area contributed by atoms with Crippen LogP contribution in [0.15, 0.2) is 72.6 Å². The third kappa shape index (κ3) is 3.64. The second-order valence-electron chi connectivity index (χ2n) is 5.60. The fourth-order valence-electron chi connectivity index (χ4n) is 2.65. The zero-order chi connectivity index (χ0) is 14.5. The van der Waals surface area contributed by atoms with Crippen molar-refractivity contribution in [2.24, 2.45) is 5.92 Å². The van der Waals surface area contributed by atoms with Crippen LogP contribution in [-0.4, -0.2) is 0 Å². The van der Waals surface area contributed by atoms with Crippen molar-refractivity contribution >= 4 is 5.69 Å². The molecule has 0 aromatic heterocycles. The van der Waals surface area contributed by atoms with Gasteiger partial charge < -0.3 is 5.43 Å². The first-order valence-corrected chi connectivity index (χ1v) is 7.42. The standard InChI is InChI=1S/C18H21N3/c1-15(12-16-8-4-2-5-9-16)13-17-14-21(20-19-17)18-10-6-3-7-11-18/h2-11,14-15,19-20H,12-13H2,1H3/t15-/m1/s1. The van der Waals surface area contributed by atoms with E-state index >= 15 is 0 Å². The van der Waals surface area contributed by atoms with Crippen molar-refractivity contribution in [2.45, 2.75) is 19.8 Å². The predicted molar refractivity (Wildman–Crippen MR) is 87.2 cm³/mol. The van der Waals surface area contributed by atoms with E-state index in [2.05, 4.69) is 66.5 Å². The molecule has 0 aliphatic carbocycles. The zero-order valence-electron chi connectivity index (χ0n) is 12.3. The third-order valence-electron chi connectivity index (χ3n) is 3.65. The average molecular weight is 279 g/mol. The number of hydrogen-bond acceptors (Lipinski definition) is 3. The van der Waals surface area contributed by atoms with E-state index in [9.17, 15) is 0 Å². The summed E-state index contributed by atoms with van der Waals surface area (Å²) >= 11 is 0. The molecule has 0 bridgehead atoms. The second kappa shape index (κ2) is 6.46. The molecule has 0 amide bonds. The Labute approximate surface area is 126 Å². The van der Waals surface area contributed by atoms with Crippen LogP contribution in [0, 0.1) is 5.92 Å². The summed E-state index contributed by atoms with van der Waals surface area (Å²) in [6, 6.07) is 21.0. The van der Waals surface area contributed by atoms with Gasteiger partial charge in [0, 0.05) is 11.9 Å². The number of nitrogens with one attached hydrogen (secondary N) is 2. The number of hydrogen-bond donors (Lipinski definition) is 2. The maximum absolute atomic E-state index is 3.26. The summed E-state index contributed by atoms with van der Waals surface area (Å²) in [5.74, 6) is 0.601. The second-order valence-corrected chi connectivity index (χ2v) is 5.60. The minimum Gasteiger partial charge on any atom is -0.306 e. The van der Waals surface area contributed by atoms with Crippen molar-refractivity contribution in [3.63, 3.8) is 0 Å². The molecule has 0 spiro atoms. The van der Waals surface area contributed by atoms with Crippen LogP contribution < -0.4 is 16.0 Å². The van der Waals surface area contributed by atoms with Gasteiger partial charge in [-0.2, -0.15) is 0 Å². The molecule has 0 unspecified atom stereocenters. The maximum Gasteiger partial charge on any atom is 0.0589 e. The highest BCUT2D eigenvalue weighted by Gasteiger charge is 2.15. The molecule has 0 saturated heterocycles. The van der Waals surface area contributed by atoms with Gasteiger partial charge in [0.1, 0.15) is 0 Å². The lowest BCUT2D eigenvalue weighted by Crippen LogP contribution is -2.36. The van der Waals surface area contributed by atoms with E-state index in [1.807, 2.05) is 23.2 Å². The van der Waals surface area contributed by atoms with Gasteiger partial charge in [-0.15, -0.1) is 5.53 Å². The smallest absolute Gasteiger partial charge is 0.0589 e. The van der Waals surface area contributed by atoms with Crippen LogP contribution in [0.25, 0.3) is 0 Å². The van der Waals surface area contributed by atoms with Gasteiger partial charge in [0.15, 0.2) is 0 Å². The number of anilines is 1. The number of benzene rings is 2. The van der Waals surface area contributed by atoms with Crippen LogP contribution in [0.5, 0.6) is 0 Å². The summed E-state index contributed by atoms with van der Waals surface area (Å²) in [6.07, 6.45) is 4.27. The molecule has 2 N–H and O–H groups in total. The van der Waals surface area contributed by atoms with Crippen molar-refractivity contribution in [1.82, 2.24) is 11.0 Å². The summed E-state index contributed by atoms with van der Waals surface area (Å²) in [5, 5.41) is 2.02. The molecule has 2 aromatic rings. The molecule has 1 aliphatic heterocycles. The lowest BCUT2D eigenvalue weighted by atomic mass is 9.97. The monoisotopic (exact) mass is 279 g/mol. The van der Waals surface area contributed by atoms with Crippen molar-refractivity contribution in [3.8, 4) is 0 Å². The van der Waals surface area contributed by atoms with Gasteiger partial charge in [0.2, 0.25) is 0 Å². The Morgan fingerprint density at radius 2 is 1.57 bits per heavy atom. The van der Waals surface area contributed by atoms with Gasteiger partial charge in [-0.1, -0.05) is 55.5 Å². The summed E-state index contributed by atoms with van der Waals surface area (Å²) in [7, 11) is 0. The molecule has 0 radical (unpaired) electrons. The SMILES string of the molecule is C[C@@H](CC1=CN(c2ccccc2)NN1)Cc1ccccc1. The third-order valence-corrected chi connectivity index (χ3v) is 3.65. The highest BCUT2D eigenvalue weighted by Crippen LogP contribution is 2.20. The Morgan fingerprint density at radius 1 is 0.905 bits per heavy atom. The van der Waals surface area contributed by atoms with Crippen LogP contribution >= 0.6 is 0 Å². The molecule has 0 saturated carbocycles. The van der Waals surface area contributed by atoms with Gasteiger partial charge in [-0.3, -0.25) is 5.01 Å². The molecule has 3 heteroatoms. The van der Waals surface area contributed by atoms with E-state index in [0.717, 1.165) is 18.5 Å². The van der Waals surface area contributed by atoms with Gasteiger partial charge in [0.05, 0.1) is 5.69 Å². The van der Waals surface area contributed by atoms with Gasteiger partial charge in [-0.25, -0.2) is 0 Å². The van der Waals surface area contributed by atoms with Gasteiger partial charge in [0.25, 0.3) is 0 Å². The minimum absolute atomic E-state index is 0.601.